The number of aliphatic hydroxyl groups excluding tert-OH is 1. The predicted molar refractivity (Wildman–Crippen MR) is 69.4 cm³/mol. The van der Waals surface area contributed by atoms with Crippen LogP contribution in [-0.4, -0.2) is 34.1 Å². The molecule has 0 saturated carbocycles. The van der Waals surface area contributed by atoms with Crippen molar-refractivity contribution in [1.82, 2.24) is 4.90 Å². The minimum Gasteiger partial charge on any atom is -0.393 e. The highest BCUT2D eigenvalue weighted by atomic mass is 19.1. The van der Waals surface area contributed by atoms with Crippen molar-refractivity contribution >= 4 is 5.91 Å². The van der Waals surface area contributed by atoms with E-state index in [0.29, 0.717) is 24.0 Å². The van der Waals surface area contributed by atoms with Gasteiger partial charge >= 0.3 is 0 Å². The van der Waals surface area contributed by atoms with Crippen LogP contribution < -0.4 is 0 Å². The molecule has 102 valence electrons. The van der Waals surface area contributed by atoms with Crippen molar-refractivity contribution in [3.05, 3.63) is 35.1 Å². The summed E-state index contributed by atoms with van der Waals surface area (Å²) in [5.74, 6) is -0.437. The lowest BCUT2D eigenvalue weighted by molar-refractivity contribution is 0.0286. The molecule has 2 fully saturated rings. The molecule has 3 rings (SSSR count). The van der Waals surface area contributed by atoms with E-state index in [1.807, 2.05) is 4.90 Å². The number of carbonyl (C=O) groups excluding carboxylic acids is 1. The number of carbonyl (C=O) groups is 1. The SMILES string of the molecule is Cc1ccc(C(=O)N2C3CCC2CC(O)C3)cc1F. The third-order valence-corrected chi connectivity index (χ3v) is 4.36. The fourth-order valence-electron chi connectivity index (χ4n) is 3.35. The molecule has 0 aromatic heterocycles. The minimum absolute atomic E-state index is 0.0988. The smallest absolute Gasteiger partial charge is 0.254 e. The molecule has 1 aromatic rings. The molecule has 2 aliphatic heterocycles. The summed E-state index contributed by atoms with van der Waals surface area (Å²) in [5, 5.41) is 9.74. The zero-order valence-electron chi connectivity index (χ0n) is 11.0. The molecular weight excluding hydrogens is 245 g/mol. The number of nitrogens with zero attached hydrogens (tertiary/aromatic N) is 1. The van der Waals surface area contributed by atoms with Crippen molar-refractivity contribution < 1.29 is 14.3 Å². The third-order valence-electron chi connectivity index (χ3n) is 4.36. The zero-order valence-corrected chi connectivity index (χ0v) is 11.0. The summed E-state index contributed by atoms with van der Waals surface area (Å²) < 4.78 is 13.6. The maximum atomic E-state index is 13.6. The Hall–Kier alpha value is -1.42. The first-order valence-corrected chi connectivity index (χ1v) is 6.83. The van der Waals surface area contributed by atoms with E-state index in [0.717, 1.165) is 12.8 Å². The van der Waals surface area contributed by atoms with E-state index in [1.165, 1.54) is 6.07 Å². The summed E-state index contributed by atoms with van der Waals surface area (Å²) in [6.45, 7) is 1.69. The highest BCUT2D eigenvalue weighted by molar-refractivity contribution is 5.95. The quantitative estimate of drug-likeness (QED) is 0.844. The highest BCUT2D eigenvalue weighted by Crippen LogP contribution is 2.36. The second kappa shape index (κ2) is 4.60. The van der Waals surface area contributed by atoms with Gasteiger partial charge in [-0.3, -0.25) is 4.79 Å². The van der Waals surface area contributed by atoms with Crippen molar-refractivity contribution in [1.29, 1.82) is 0 Å². The molecule has 1 N–H and O–H groups in total. The fourth-order valence-corrected chi connectivity index (χ4v) is 3.35. The van der Waals surface area contributed by atoms with Gasteiger partial charge in [-0.25, -0.2) is 4.39 Å². The summed E-state index contributed by atoms with van der Waals surface area (Å²) in [4.78, 5) is 14.4. The summed E-state index contributed by atoms with van der Waals surface area (Å²) in [6, 6.07) is 4.88. The summed E-state index contributed by atoms with van der Waals surface area (Å²) in [7, 11) is 0. The van der Waals surface area contributed by atoms with Gasteiger partial charge in [0.05, 0.1) is 6.10 Å². The molecule has 1 amide bonds. The maximum absolute atomic E-state index is 13.6. The molecule has 4 heteroatoms. The van der Waals surface area contributed by atoms with Gasteiger partial charge in [-0.2, -0.15) is 0 Å². The molecule has 2 heterocycles. The van der Waals surface area contributed by atoms with E-state index in [1.54, 1.807) is 19.1 Å². The highest BCUT2D eigenvalue weighted by Gasteiger charge is 2.42. The van der Waals surface area contributed by atoms with Crippen LogP contribution in [0.3, 0.4) is 0 Å². The Bertz CT molecular complexity index is 503. The van der Waals surface area contributed by atoms with E-state index in [4.69, 9.17) is 0 Å². The van der Waals surface area contributed by atoms with Gasteiger partial charge in [-0.1, -0.05) is 6.07 Å². The first-order chi connectivity index (χ1) is 9.06. The number of aryl methyl sites for hydroxylation is 1. The predicted octanol–water partition coefficient (Wildman–Crippen LogP) is 2.26. The summed E-state index contributed by atoms with van der Waals surface area (Å²) in [5.41, 5.74) is 0.963. The number of hydrogen-bond acceptors (Lipinski definition) is 2. The Balaban J connectivity index is 1.86. The average Bonchev–Trinajstić information content (AvgIpc) is 2.64. The Morgan fingerprint density at radius 1 is 1.32 bits per heavy atom. The van der Waals surface area contributed by atoms with Crippen LogP contribution in [0, 0.1) is 12.7 Å². The van der Waals surface area contributed by atoms with E-state index in [2.05, 4.69) is 0 Å². The molecule has 3 nitrogen and oxygen atoms in total. The van der Waals surface area contributed by atoms with E-state index in [9.17, 15) is 14.3 Å². The first kappa shape index (κ1) is 12.6. The molecule has 2 saturated heterocycles. The van der Waals surface area contributed by atoms with Gasteiger partial charge in [-0.15, -0.1) is 0 Å². The molecule has 2 aliphatic rings. The number of fused-ring (bicyclic) bond motifs is 2. The number of amides is 1. The van der Waals surface area contributed by atoms with Gasteiger partial charge in [0.2, 0.25) is 0 Å². The van der Waals surface area contributed by atoms with Crippen molar-refractivity contribution in [3.63, 3.8) is 0 Å². The lowest BCUT2D eigenvalue weighted by Gasteiger charge is -2.37. The number of hydrogen-bond donors (Lipinski definition) is 1. The number of rotatable bonds is 1. The second-order valence-corrected chi connectivity index (χ2v) is 5.69. The van der Waals surface area contributed by atoms with Crippen LogP contribution in [0.1, 0.15) is 41.6 Å². The Morgan fingerprint density at radius 2 is 1.95 bits per heavy atom. The standard InChI is InChI=1S/C15H18FNO2/c1-9-2-3-10(6-14(9)16)15(19)17-11-4-5-12(17)8-13(18)7-11/h2-3,6,11-13,18H,4-5,7-8H2,1H3. The van der Waals surface area contributed by atoms with Crippen LogP contribution in [0.5, 0.6) is 0 Å². The van der Waals surface area contributed by atoms with Gasteiger partial charge in [0.1, 0.15) is 5.82 Å². The molecule has 0 aliphatic carbocycles. The Morgan fingerprint density at radius 3 is 2.53 bits per heavy atom. The first-order valence-electron chi connectivity index (χ1n) is 6.83. The van der Waals surface area contributed by atoms with Gasteiger partial charge in [0.25, 0.3) is 5.91 Å². The van der Waals surface area contributed by atoms with E-state index in [-0.39, 0.29) is 29.9 Å². The molecule has 0 radical (unpaired) electrons. The zero-order chi connectivity index (χ0) is 13.6. The molecule has 1 aromatic carbocycles. The fraction of sp³-hybridized carbons (Fsp3) is 0.533. The summed E-state index contributed by atoms with van der Waals surface area (Å²) >= 11 is 0. The number of aliphatic hydroxyl groups is 1. The van der Waals surface area contributed by atoms with Gasteiger partial charge in [-0.05, 0) is 50.3 Å². The van der Waals surface area contributed by atoms with Crippen LogP contribution in [0.15, 0.2) is 18.2 Å². The van der Waals surface area contributed by atoms with Crippen molar-refractivity contribution in [2.45, 2.75) is 50.8 Å². The number of halogens is 1. The monoisotopic (exact) mass is 263 g/mol. The number of piperidine rings is 1. The van der Waals surface area contributed by atoms with Crippen molar-refractivity contribution in [2.24, 2.45) is 0 Å². The van der Waals surface area contributed by atoms with Crippen LogP contribution in [0.25, 0.3) is 0 Å². The lowest BCUT2D eigenvalue weighted by atomic mass is 9.98. The summed E-state index contributed by atoms with van der Waals surface area (Å²) in [6.07, 6.45) is 2.90. The van der Waals surface area contributed by atoms with Gasteiger partial charge in [0, 0.05) is 17.6 Å². The molecule has 19 heavy (non-hydrogen) atoms. The van der Waals surface area contributed by atoms with Crippen LogP contribution in [0.4, 0.5) is 4.39 Å². The average molecular weight is 263 g/mol. The number of benzene rings is 1. The van der Waals surface area contributed by atoms with Gasteiger partial charge < -0.3 is 10.0 Å². The minimum atomic E-state index is -0.338. The van der Waals surface area contributed by atoms with Crippen molar-refractivity contribution in [2.75, 3.05) is 0 Å². The second-order valence-electron chi connectivity index (χ2n) is 5.69. The molecular formula is C15H18FNO2. The molecule has 0 spiro atoms. The van der Waals surface area contributed by atoms with Crippen LogP contribution in [-0.2, 0) is 0 Å². The molecule has 2 atom stereocenters. The van der Waals surface area contributed by atoms with Crippen molar-refractivity contribution in [3.8, 4) is 0 Å². The molecule has 2 bridgehead atoms. The largest absolute Gasteiger partial charge is 0.393 e. The Kier molecular flexibility index (Phi) is 3.05. The van der Waals surface area contributed by atoms with Crippen LogP contribution in [0.2, 0.25) is 0 Å². The van der Waals surface area contributed by atoms with E-state index < -0.39 is 0 Å². The Labute approximate surface area is 112 Å². The topological polar surface area (TPSA) is 40.5 Å². The van der Waals surface area contributed by atoms with E-state index >= 15 is 0 Å². The maximum Gasteiger partial charge on any atom is 0.254 e. The van der Waals surface area contributed by atoms with Gasteiger partial charge in [0.15, 0.2) is 0 Å². The lowest BCUT2D eigenvalue weighted by Crippen LogP contribution is -2.48. The normalized spacial score (nSPS) is 29.6. The van der Waals surface area contributed by atoms with Crippen LogP contribution >= 0.6 is 0 Å². The molecule has 2 unspecified atom stereocenters. The third kappa shape index (κ3) is 2.14.